The van der Waals surface area contributed by atoms with E-state index < -0.39 is 29.7 Å². The minimum Gasteiger partial charge on any atom is -0.454 e. The van der Waals surface area contributed by atoms with E-state index in [0.717, 1.165) is 4.68 Å². The molecule has 1 aromatic carbocycles. The molecule has 4 rings (SSSR count). The van der Waals surface area contributed by atoms with E-state index in [2.05, 4.69) is 36.5 Å². The number of alkyl halides is 3. The van der Waals surface area contributed by atoms with E-state index in [1.807, 2.05) is 13.8 Å². The van der Waals surface area contributed by atoms with Crippen molar-refractivity contribution in [1.82, 2.24) is 15.1 Å². The summed E-state index contributed by atoms with van der Waals surface area (Å²) in [6, 6.07) is 3.96. The van der Waals surface area contributed by atoms with Gasteiger partial charge in [-0.15, -0.1) is 0 Å². The number of carbonyl (C=O) groups is 1. The van der Waals surface area contributed by atoms with Crippen molar-refractivity contribution in [3.63, 3.8) is 0 Å². The van der Waals surface area contributed by atoms with Gasteiger partial charge in [0.1, 0.15) is 5.82 Å². The van der Waals surface area contributed by atoms with Gasteiger partial charge in [0.25, 0.3) is 5.91 Å². The van der Waals surface area contributed by atoms with Crippen molar-refractivity contribution in [3.05, 3.63) is 35.5 Å². The molecular weight excluding hydrogens is 437 g/mol. The summed E-state index contributed by atoms with van der Waals surface area (Å²) in [5.41, 5.74) is -0.00519. The van der Waals surface area contributed by atoms with Crippen LogP contribution in [0.3, 0.4) is 0 Å². The van der Waals surface area contributed by atoms with Gasteiger partial charge < -0.3 is 20.1 Å². The lowest BCUT2D eigenvalue weighted by Gasteiger charge is -2.33. The van der Waals surface area contributed by atoms with E-state index in [9.17, 15) is 18.0 Å². The maximum atomic E-state index is 14.0. The lowest BCUT2D eigenvalue weighted by atomic mass is 9.82. The van der Waals surface area contributed by atoms with Crippen molar-refractivity contribution < 1.29 is 27.4 Å². The summed E-state index contributed by atoms with van der Waals surface area (Å²) in [4.78, 5) is 12.9. The van der Waals surface area contributed by atoms with E-state index in [-0.39, 0.29) is 30.1 Å². The van der Waals surface area contributed by atoms with Crippen LogP contribution in [0.15, 0.2) is 24.3 Å². The maximum Gasteiger partial charge on any atom is 0.410 e. The maximum absolute atomic E-state index is 14.0. The molecule has 10 heteroatoms. The van der Waals surface area contributed by atoms with E-state index in [4.69, 9.17) is 9.47 Å². The van der Waals surface area contributed by atoms with E-state index >= 15 is 0 Å². The summed E-state index contributed by atoms with van der Waals surface area (Å²) in [5.74, 6) is 0.695. The molecule has 180 valence electrons. The van der Waals surface area contributed by atoms with Crippen LogP contribution in [0.1, 0.15) is 75.6 Å². The number of ether oxygens (including phenoxy) is 2. The normalized spacial score (nSPS) is 20.2. The molecule has 1 amide bonds. The van der Waals surface area contributed by atoms with Crippen LogP contribution in [0.4, 0.5) is 19.0 Å². The van der Waals surface area contributed by atoms with Crippen LogP contribution >= 0.6 is 0 Å². The molecule has 0 saturated heterocycles. The molecule has 2 aliphatic rings. The monoisotopic (exact) mass is 466 g/mol. The predicted molar refractivity (Wildman–Crippen MR) is 116 cm³/mol. The molecule has 0 unspecified atom stereocenters. The van der Waals surface area contributed by atoms with Gasteiger partial charge >= 0.3 is 6.18 Å². The van der Waals surface area contributed by atoms with Crippen molar-refractivity contribution in [1.29, 1.82) is 0 Å². The first-order valence-corrected chi connectivity index (χ1v) is 10.9. The van der Waals surface area contributed by atoms with Crippen LogP contribution in [-0.2, 0) is 0 Å². The minimum absolute atomic E-state index is 0.0367. The van der Waals surface area contributed by atoms with Gasteiger partial charge in [-0.05, 0) is 43.4 Å². The van der Waals surface area contributed by atoms with Gasteiger partial charge in [-0.2, -0.15) is 18.3 Å². The second-order valence-electron chi connectivity index (χ2n) is 10.5. The number of nitrogens with one attached hydrogen (secondary N) is 2. The topological polar surface area (TPSA) is 77.4 Å². The number of fused-ring (bicyclic) bond motifs is 2. The van der Waals surface area contributed by atoms with Crippen LogP contribution < -0.4 is 20.1 Å². The smallest absolute Gasteiger partial charge is 0.410 e. The van der Waals surface area contributed by atoms with Gasteiger partial charge in [-0.25, -0.2) is 4.68 Å². The molecule has 0 spiro atoms. The zero-order chi connectivity index (χ0) is 24.2. The Hall–Kier alpha value is -2.91. The second-order valence-corrected chi connectivity index (χ2v) is 10.5. The van der Waals surface area contributed by atoms with E-state index in [1.54, 1.807) is 18.2 Å². The highest BCUT2D eigenvalue weighted by atomic mass is 19.4. The summed E-state index contributed by atoms with van der Waals surface area (Å²) >= 11 is 0. The number of carbonyl (C=O) groups excluding carboxylic acids is 1. The van der Waals surface area contributed by atoms with Gasteiger partial charge in [-0.3, -0.25) is 4.79 Å². The van der Waals surface area contributed by atoms with Crippen LogP contribution in [0.5, 0.6) is 11.5 Å². The van der Waals surface area contributed by atoms with E-state index in [1.165, 1.54) is 6.07 Å². The number of benzene rings is 1. The molecule has 0 radical (unpaired) electrons. The second kappa shape index (κ2) is 7.85. The number of aromatic nitrogens is 2. The Balaban J connectivity index is 1.61. The van der Waals surface area contributed by atoms with Crippen molar-refractivity contribution in [2.45, 2.75) is 71.3 Å². The zero-order valence-corrected chi connectivity index (χ0v) is 19.3. The Labute approximate surface area is 190 Å². The molecular formula is C23H29F3N4O3. The molecule has 33 heavy (non-hydrogen) atoms. The van der Waals surface area contributed by atoms with Gasteiger partial charge in [-0.1, -0.05) is 26.8 Å². The Morgan fingerprint density at radius 1 is 1.15 bits per heavy atom. The van der Waals surface area contributed by atoms with Crippen LogP contribution in [0, 0.1) is 5.41 Å². The van der Waals surface area contributed by atoms with Gasteiger partial charge in [0.05, 0.1) is 6.04 Å². The highest BCUT2D eigenvalue weighted by Crippen LogP contribution is 2.45. The fourth-order valence-corrected chi connectivity index (χ4v) is 4.77. The summed E-state index contributed by atoms with van der Waals surface area (Å²) in [5, 5.41) is 10.1. The molecule has 1 aromatic heterocycles. The average Bonchev–Trinajstić information content (AvgIpc) is 3.29. The number of hydrogen-bond donors (Lipinski definition) is 2. The van der Waals surface area contributed by atoms with Crippen LogP contribution in [-0.4, -0.2) is 34.2 Å². The van der Waals surface area contributed by atoms with Gasteiger partial charge in [0.2, 0.25) is 6.79 Å². The standard InChI is InChI=1S/C23H29F3N4O3/c1-21(2,3)11-22(4,5)28-20(31)15-10-19-27-14(9-18(23(24,25)26)30(19)29-15)13-6-7-16-17(8-13)33-12-32-16/h6-8,10,14,18,27H,9,11-12H2,1-5H3,(H,28,31)/t14-,18+/m0/s1. The largest absolute Gasteiger partial charge is 0.454 e. The highest BCUT2D eigenvalue weighted by molar-refractivity contribution is 5.93. The first kappa shape index (κ1) is 23.3. The highest BCUT2D eigenvalue weighted by Gasteiger charge is 2.47. The SMILES string of the molecule is CC(C)(C)CC(C)(C)NC(=O)c1cc2n(n1)[C@@H](C(F)(F)F)C[C@@H](c1ccc3c(c1)OCO3)N2. The summed E-state index contributed by atoms with van der Waals surface area (Å²) < 4.78 is 53.4. The molecule has 3 heterocycles. The molecule has 2 aromatic rings. The Bertz CT molecular complexity index is 1060. The summed E-state index contributed by atoms with van der Waals surface area (Å²) in [6.07, 6.45) is -4.11. The van der Waals surface area contributed by atoms with Crippen LogP contribution in [0.25, 0.3) is 0 Å². The van der Waals surface area contributed by atoms with Gasteiger partial charge in [0.15, 0.2) is 23.2 Å². The fraction of sp³-hybridized carbons (Fsp3) is 0.565. The number of hydrogen-bond acceptors (Lipinski definition) is 5. The Kier molecular flexibility index (Phi) is 5.53. The quantitative estimate of drug-likeness (QED) is 0.646. The third kappa shape index (κ3) is 5.04. The van der Waals surface area contributed by atoms with Crippen molar-refractivity contribution in [2.24, 2.45) is 5.41 Å². The minimum atomic E-state index is -4.53. The van der Waals surface area contributed by atoms with Gasteiger partial charge in [0, 0.05) is 18.0 Å². The lowest BCUT2D eigenvalue weighted by molar-refractivity contribution is -0.173. The number of halogens is 3. The molecule has 2 atom stereocenters. The zero-order valence-electron chi connectivity index (χ0n) is 19.3. The van der Waals surface area contributed by atoms with Crippen molar-refractivity contribution in [3.8, 4) is 11.5 Å². The molecule has 0 saturated carbocycles. The Morgan fingerprint density at radius 3 is 2.52 bits per heavy atom. The lowest BCUT2D eigenvalue weighted by Crippen LogP contribution is -2.46. The summed E-state index contributed by atoms with van der Waals surface area (Å²) in [7, 11) is 0. The molecule has 0 fully saturated rings. The molecule has 7 nitrogen and oxygen atoms in total. The summed E-state index contributed by atoms with van der Waals surface area (Å²) in [6.45, 7) is 10.0. The number of nitrogens with zero attached hydrogens (tertiary/aromatic N) is 2. The molecule has 0 aliphatic carbocycles. The predicted octanol–water partition coefficient (Wildman–Crippen LogP) is 5.22. The number of rotatable bonds is 4. The fourth-order valence-electron chi connectivity index (χ4n) is 4.77. The molecule has 0 bridgehead atoms. The molecule has 2 aliphatic heterocycles. The van der Waals surface area contributed by atoms with Crippen molar-refractivity contribution >= 4 is 11.7 Å². The van der Waals surface area contributed by atoms with Crippen LogP contribution in [0.2, 0.25) is 0 Å². The average molecular weight is 467 g/mol. The first-order chi connectivity index (χ1) is 15.2. The number of anilines is 1. The Morgan fingerprint density at radius 2 is 1.85 bits per heavy atom. The third-order valence-electron chi connectivity index (χ3n) is 5.65. The first-order valence-electron chi connectivity index (χ1n) is 10.9. The van der Waals surface area contributed by atoms with E-state index in [0.29, 0.717) is 23.5 Å². The third-order valence-corrected chi connectivity index (χ3v) is 5.65. The molecule has 2 N–H and O–H groups in total. The van der Waals surface area contributed by atoms with Crippen molar-refractivity contribution in [2.75, 3.05) is 12.1 Å². The number of amides is 1.